The lowest BCUT2D eigenvalue weighted by molar-refractivity contribution is 0.334. The maximum atomic E-state index is 5.11. The molecule has 2 N–H and O–H groups in total. The summed E-state index contributed by atoms with van der Waals surface area (Å²) in [6.45, 7) is 6.43. The Labute approximate surface area is 139 Å². The molecule has 0 radical (unpaired) electrons. The minimum atomic E-state index is 0.670. The molecule has 0 amide bonds. The van der Waals surface area contributed by atoms with Gasteiger partial charge in [-0.1, -0.05) is 37.3 Å². The van der Waals surface area contributed by atoms with Gasteiger partial charge in [0.05, 0.1) is 0 Å². The number of hydrogen-bond donors (Lipinski definition) is 2. The first kappa shape index (κ1) is 17.8. The Morgan fingerprint density at radius 2 is 2.09 bits per heavy atom. The lowest BCUT2D eigenvalue weighted by Crippen LogP contribution is -2.38. The molecule has 0 aromatic carbocycles. The fourth-order valence-corrected chi connectivity index (χ4v) is 3.12. The molecule has 0 spiro atoms. The molecule has 1 saturated carbocycles. The number of aryl methyl sites for hydroxylation is 1. The molecule has 23 heavy (non-hydrogen) atoms. The zero-order valence-corrected chi connectivity index (χ0v) is 14.6. The van der Waals surface area contributed by atoms with E-state index in [0.717, 1.165) is 31.5 Å². The van der Waals surface area contributed by atoms with Crippen LogP contribution < -0.4 is 10.6 Å². The predicted molar refractivity (Wildman–Crippen MR) is 92.5 cm³/mol. The summed E-state index contributed by atoms with van der Waals surface area (Å²) in [7, 11) is 0. The second kappa shape index (κ2) is 10.2. The van der Waals surface area contributed by atoms with Gasteiger partial charge in [-0.25, -0.2) is 0 Å². The Kier molecular flexibility index (Phi) is 7.90. The summed E-state index contributed by atoms with van der Waals surface area (Å²) in [5.74, 6) is 3.18. The van der Waals surface area contributed by atoms with Crippen LogP contribution >= 0.6 is 0 Å². The van der Waals surface area contributed by atoms with E-state index in [1.165, 1.54) is 44.9 Å². The Hall–Kier alpha value is -1.59. The van der Waals surface area contributed by atoms with E-state index in [1.807, 2.05) is 6.92 Å². The standard InChI is InChI=1S/C17H31N5O/c1-3-18-17(20-13-11-16-21-14(2)22-23-16)19-12-7-10-15-8-5-4-6-9-15/h15H,3-13H2,1-2H3,(H2,18,19,20). The molecule has 0 unspecified atom stereocenters. The summed E-state index contributed by atoms with van der Waals surface area (Å²) in [5.41, 5.74) is 0. The number of rotatable bonds is 8. The van der Waals surface area contributed by atoms with Crippen LogP contribution in [0.15, 0.2) is 9.52 Å². The molecule has 6 heteroatoms. The van der Waals surface area contributed by atoms with Gasteiger partial charge in [-0.3, -0.25) is 4.99 Å². The summed E-state index contributed by atoms with van der Waals surface area (Å²) < 4.78 is 5.11. The van der Waals surface area contributed by atoms with Crippen LogP contribution in [-0.2, 0) is 6.42 Å². The molecule has 2 rings (SSSR count). The van der Waals surface area contributed by atoms with Crippen molar-refractivity contribution < 1.29 is 4.52 Å². The van der Waals surface area contributed by atoms with Crippen molar-refractivity contribution in [3.05, 3.63) is 11.7 Å². The van der Waals surface area contributed by atoms with Gasteiger partial charge in [0.25, 0.3) is 0 Å². The number of nitrogens with zero attached hydrogens (tertiary/aromatic N) is 3. The van der Waals surface area contributed by atoms with Crippen LogP contribution in [0.1, 0.15) is 63.6 Å². The van der Waals surface area contributed by atoms with E-state index in [4.69, 9.17) is 4.52 Å². The molecule has 0 saturated heterocycles. The maximum Gasteiger partial charge on any atom is 0.228 e. The molecule has 1 aromatic heterocycles. The number of aliphatic imine (C=N–C) groups is 1. The quantitative estimate of drug-likeness (QED) is 0.437. The zero-order chi connectivity index (χ0) is 16.3. The van der Waals surface area contributed by atoms with Crippen molar-refractivity contribution in [2.45, 2.75) is 65.2 Å². The summed E-state index contributed by atoms with van der Waals surface area (Å²) in [4.78, 5) is 8.86. The normalized spacial score (nSPS) is 16.5. The molecule has 1 heterocycles. The van der Waals surface area contributed by atoms with Gasteiger partial charge in [0.15, 0.2) is 11.8 Å². The van der Waals surface area contributed by atoms with Crippen LogP contribution in [0.3, 0.4) is 0 Å². The third kappa shape index (κ3) is 7.01. The minimum absolute atomic E-state index is 0.670. The Morgan fingerprint density at radius 3 is 2.78 bits per heavy atom. The summed E-state index contributed by atoms with van der Waals surface area (Å²) in [5, 5.41) is 10.4. The molecule has 130 valence electrons. The monoisotopic (exact) mass is 321 g/mol. The molecule has 1 aromatic rings. The van der Waals surface area contributed by atoms with Crippen molar-refractivity contribution in [1.29, 1.82) is 0 Å². The third-order valence-corrected chi connectivity index (χ3v) is 4.31. The number of nitrogens with one attached hydrogen (secondary N) is 2. The summed E-state index contributed by atoms with van der Waals surface area (Å²) >= 11 is 0. The lowest BCUT2D eigenvalue weighted by Gasteiger charge is -2.20. The molecule has 1 fully saturated rings. The summed E-state index contributed by atoms with van der Waals surface area (Å²) in [6, 6.07) is 0. The Bertz CT molecular complexity index is 465. The van der Waals surface area contributed by atoms with Crippen molar-refractivity contribution in [1.82, 2.24) is 20.8 Å². The van der Waals surface area contributed by atoms with Gasteiger partial charge in [-0.15, -0.1) is 0 Å². The van der Waals surface area contributed by atoms with Gasteiger partial charge in [0.1, 0.15) is 0 Å². The van der Waals surface area contributed by atoms with E-state index < -0.39 is 0 Å². The SMILES string of the molecule is CCNC(=NCCCC1CCCCC1)NCCc1nc(C)no1. The van der Waals surface area contributed by atoms with E-state index in [1.54, 1.807) is 0 Å². The van der Waals surface area contributed by atoms with Crippen molar-refractivity contribution in [3.8, 4) is 0 Å². The molecule has 0 aliphatic heterocycles. The van der Waals surface area contributed by atoms with E-state index in [2.05, 4.69) is 32.7 Å². The van der Waals surface area contributed by atoms with Crippen molar-refractivity contribution >= 4 is 5.96 Å². The van der Waals surface area contributed by atoms with Crippen molar-refractivity contribution in [2.24, 2.45) is 10.9 Å². The fourth-order valence-electron chi connectivity index (χ4n) is 3.12. The second-order valence-corrected chi connectivity index (χ2v) is 6.32. The average molecular weight is 321 g/mol. The number of hydrogen-bond acceptors (Lipinski definition) is 4. The first-order chi connectivity index (χ1) is 11.3. The van der Waals surface area contributed by atoms with E-state index in [0.29, 0.717) is 18.1 Å². The maximum absolute atomic E-state index is 5.11. The van der Waals surface area contributed by atoms with Gasteiger partial charge >= 0.3 is 0 Å². The van der Waals surface area contributed by atoms with Crippen LogP contribution in [0.5, 0.6) is 0 Å². The highest BCUT2D eigenvalue weighted by Gasteiger charge is 2.12. The summed E-state index contributed by atoms with van der Waals surface area (Å²) in [6.07, 6.45) is 10.3. The fraction of sp³-hybridized carbons (Fsp3) is 0.824. The highest BCUT2D eigenvalue weighted by Crippen LogP contribution is 2.27. The first-order valence-corrected chi connectivity index (χ1v) is 9.09. The van der Waals surface area contributed by atoms with Gasteiger partial charge in [-0.2, -0.15) is 4.98 Å². The molecule has 6 nitrogen and oxygen atoms in total. The van der Waals surface area contributed by atoms with E-state index in [9.17, 15) is 0 Å². The Morgan fingerprint density at radius 1 is 1.26 bits per heavy atom. The molecular weight excluding hydrogens is 290 g/mol. The average Bonchev–Trinajstić information content (AvgIpc) is 2.98. The molecule has 1 aliphatic carbocycles. The topological polar surface area (TPSA) is 75.3 Å². The minimum Gasteiger partial charge on any atom is -0.357 e. The van der Waals surface area contributed by atoms with Gasteiger partial charge in [-0.05, 0) is 32.6 Å². The van der Waals surface area contributed by atoms with Crippen molar-refractivity contribution in [3.63, 3.8) is 0 Å². The largest absolute Gasteiger partial charge is 0.357 e. The Balaban J connectivity index is 1.64. The second-order valence-electron chi connectivity index (χ2n) is 6.32. The molecular formula is C17H31N5O. The van der Waals surface area contributed by atoms with Crippen LogP contribution in [0, 0.1) is 12.8 Å². The van der Waals surface area contributed by atoms with E-state index >= 15 is 0 Å². The highest BCUT2D eigenvalue weighted by atomic mass is 16.5. The lowest BCUT2D eigenvalue weighted by atomic mass is 9.86. The number of aromatic nitrogens is 2. The van der Waals surface area contributed by atoms with Crippen LogP contribution in [0.25, 0.3) is 0 Å². The predicted octanol–water partition coefficient (Wildman–Crippen LogP) is 2.84. The van der Waals surface area contributed by atoms with E-state index in [-0.39, 0.29) is 0 Å². The smallest absolute Gasteiger partial charge is 0.228 e. The number of guanidine groups is 1. The first-order valence-electron chi connectivity index (χ1n) is 9.09. The van der Waals surface area contributed by atoms with Crippen LogP contribution in [-0.4, -0.2) is 35.7 Å². The molecule has 0 atom stereocenters. The third-order valence-electron chi connectivity index (χ3n) is 4.31. The van der Waals surface area contributed by atoms with Crippen LogP contribution in [0.2, 0.25) is 0 Å². The van der Waals surface area contributed by atoms with Crippen molar-refractivity contribution in [2.75, 3.05) is 19.6 Å². The zero-order valence-electron chi connectivity index (χ0n) is 14.6. The molecule has 1 aliphatic rings. The molecule has 0 bridgehead atoms. The van der Waals surface area contributed by atoms with Gasteiger partial charge in [0.2, 0.25) is 5.89 Å². The van der Waals surface area contributed by atoms with Gasteiger partial charge in [0, 0.05) is 26.1 Å². The van der Waals surface area contributed by atoms with Gasteiger partial charge < -0.3 is 15.2 Å². The highest BCUT2D eigenvalue weighted by molar-refractivity contribution is 5.79. The van der Waals surface area contributed by atoms with Crippen LogP contribution in [0.4, 0.5) is 0 Å².